The highest BCUT2D eigenvalue weighted by Gasteiger charge is 2.09. The van der Waals surface area contributed by atoms with Crippen LogP contribution >= 0.6 is 0 Å². The van der Waals surface area contributed by atoms with Crippen molar-refractivity contribution in [1.82, 2.24) is 0 Å². The van der Waals surface area contributed by atoms with E-state index in [0.29, 0.717) is 5.76 Å². The third-order valence-corrected chi connectivity index (χ3v) is 8.48. The van der Waals surface area contributed by atoms with Crippen molar-refractivity contribution < 1.29 is 4.42 Å². The molecule has 6 rings (SSSR count). The van der Waals surface area contributed by atoms with Crippen molar-refractivity contribution in [1.29, 1.82) is 0 Å². The van der Waals surface area contributed by atoms with Gasteiger partial charge in [0.05, 0.1) is 0 Å². The molecule has 0 aliphatic heterocycles. The third-order valence-electron chi connectivity index (χ3n) is 8.48. The Kier molecular flexibility index (Phi) is 8.68. The Balaban J connectivity index is 1.08. The number of fused-ring (bicyclic) bond motifs is 6. The smallest absolute Gasteiger partial charge is 0.178 e. The second-order valence-electron chi connectivity index (χ2n) is 11.5. The van der Waals surface area contributed by atoms with E-state index in [0.717, 1.165) is 23.0 Å². The van der Waals surface area contributed by atoms with Gasteiger partial charge in [-0.05, 0) is 87.0 Å². The molecule has 41 heavy (non-hydrogen) atoms. The first kappa shape index (κ1) is 27.2. The molecule has 1 heteroatoms. The maximum Gasteiger partial charge on any atom is 0.178 e. The minimum Gasteiger partial charge on any atom is -0.448 e. The number of furan rings is 1. The van der Waals surface area contributed by atoms with Crippen molar-refractivity contribution >= 4 is 43.3 Å². The molecule has 0 fully saturated rings. The predicted octanol–water partition coefficient (Wildman–Crippen LogP) is 11.8. The molecule has 1 aromatic heterocycles. The molecule has 5 aromatic carbocycles. The minimum absolute atomic E-state index is 0.709. The second-order valence-corrected chi connectivity index (χ2v) is 11.5. The molecule has 0 saturated heterocycles. The van der Waals surface area contributed by atoms with Crippen molar-refractivity contribution in [2.75, 3.05) is 0 Å². The summed E-state index contributed by atoms with van der Waals surface area (Å²) in [6.07, 6.45) is 14.9. The van der Waals surface area contributed by atoms with E-state index in [-0.39, 0.29) is 0 Å². The fraction of sp³-hybridized carbons (Fsp3) is 0.300. The Morgan fingerprint density at radius 1 is 0.512 bits per heavy atom. The van der Waals surface area contributed by atoms with Crippen LogP contribution in [0.2, 0.25) is 0 Å². The fourth-order valence-corrected chi connectivity index (χ4v) is 6.12. The van der Waals surface area contributed by atoms with Gasteiger partial charge in [0.2, 0.25) is 0 Å². The topological polar surface area (TPSA) is 13.1 Å². The maximum absolute atomic E-state index is 6.15. The van der Waals surface area contributed by atoms with E-state index < -0.39 is 0 Å². The van der Waals surface area contributed by atoms with Crippen LogP contribution in [0.1, 0.15) is 88.0 Å². The molecule has 1 nitrogen and oxygen atoms in total. The largest absolute Gasteiger partial charge is 0.448 e. The van der Waals surface area contributed by atoms with Crippen LogP contribution in [0.5, 0.6) is 0 Å². The van der Waals surface area contributed by atoms with Gasteiger partial charge in [-0.15, -0.1) is 0 Å². The Bertz CT molecular complexity index is 1820. The third kappa shape index (κ3) is 6.49. The zero-order valence-corrected chi connectivity index (χ0v) is 24.3. The quantitative estimate of drug-likeness (QED) is 0.0694. The van der Waals surface area contributed by atoms with Gasteiger partial charge in [0.15, 0.2) is 5.76 Å². The molecule has 6 aromatic rings. The van der Waals surface area contributed by atoms with Crippen molar-refractivity contribution in [2.24, 2.45) is 0 Å². The first-order valence-corrected chi connectivity index (χ1v) is 15.7. The summed E-state index contributed by atoms with van der Waals surface area (Å²) in [7, 11) is 0. The van der Waals surface area contributed by atoms with E-state index >= 15 is 0 Å². The summed E-state index contributed by atoms with van der Waals surface area (Å²) in [5, 5.41) is 8.64. The lowest BCUT2D eigenvalue weighted by Gasteiger charge is -2.07. The van der Waals surface area contributed by atoms with Crippen LogP contribution < -0.4 is 0 Å². The predicted molar refractivity (Wildman–Crippen MR) is 177 cm³/mol. The Labute approximate surface area is 244 Å². The Morgan fingerprint density at radius 2 is 1.17 bits per heavy atom. The van der Waals surface area contributed by atoms with Crippen LogP contribution in [0.25, 0.3) is 43.3 Å². The molecular formula is C40H40O. The van der Waals surface area contributed by atoms with E-state index in [1.165, 1.54) is 102 Å². The molecular weight excluding hydrogens is 496 g/mol. The zero-order chi connectivity index (χ0) is 27.9. The molecule has 206 valence electrons. The van der Waals surface area contributed by atoms with Gasteiger partial charge in [-0.1, -0.05) is 125 Å². The molecule has 0 radical (unpaired) electrons. The summed E-state index contributed by atoms with van der Waals surface area (Å²) in [5.41, 5.74) is 3.32. The van der Waals surface area contributed by atoms with E-state index in [9.17, 15) is 0 Å². The van der Waals surface area contributed by atoms with Crippen LogP contribution in [0.4, 0.5) is 0 Å². The molecule has 0 spiro atoms. The second kappa shape index (κ2) is 13.1. The lowest BCUT2D eigenvalue weighted by atomic mass is 9.97. The monoisotopic (exact) mass is 536 g/mol. The standard InChI is InChI=1S/C40H40O/c1-2-3-4-5-6-7-8-9-10-11-14-30-17-19-31(20-18-30)21-23-35-29-39-37-24-22-34-27-32-15-12-13-16-33(32)28-38(34)36(37)25-26-40(39)41-35/h12-13,15-20,22,24-29H,2-11,14H2,1H3. The highest BCUT2D eigenvalue weighted by atomic mass is 16.3. The first-order valence-electron chi connectivity index (χ1n) is 15.7. The molecule has 0 aliphatic carbocycles. The SMILES string of the molecule is CCCCCCCCCCCCc1ccc(C#Cc2cc3c(ccc4c5cc6ccccc6cc5ccc34)o2)cc1. The average Bonchev–Trinajstić information content (AvgIpc) is 3.44. The van der Waals surface area contributed by atoms with Gasteiger partial charge in [0, 0.05) is 17.0 Å². The maximum atomic E-state index is 6.15. The molecule has 0 saturated carbocycles. The van der Waals surface area contributed by atoms with Crippen molar-refractivity contribution in [3.63, 3.8) is 0 Å². The zero-order valence-electron chi connectivity index (χ0n) is 24.3. The van der Waals surface area contributed by atoms with Crippen molar-refractivity contribution in [3.8, 4) is 11.8 Å². The van der Waals surface area contributed by atoms with E-state index in [2.05, 4.69) is 110 Å². The number of hydrogen-bond acceptors (Lipinski definition) is 1. The van der Waals surface area contributed by atoms with Crippen LogP contribution in [0.15, 0.2) is 95.4 Å². The average molecular weight is 537 g/mol. The molecule has 0 aliphatic rings. The van der Waals surface area contributed by atoms with Crippen molar-refractivity contribution in [3.05, 3.63) is 108 Å². The highest BCUT2D eigenvalue weighted by molar-refractivity contribution is 6.18. The number of rotatable bonds is 11. The Hall–Kier alpha value is -4.02. The van der Waals surface area contributed by atoms with E-state index in [1.54, 1.807) is 0 Å². The molecule has 0 N–H and O–H groups in total. The molecule has 0 amide bonds. The Morgan fingerprint density at radius 3 is 1.93 bits per heavy atom. The summed E-state index contributed by atoms with van der Waals surface area (Å²) < 4.78 is 6.15. The summed E-state index contributed by atoms with van der Waals surface area (Å²) in [5.74, 6) is 7.29. The van der Waals surface area contributed by atoms with E-state index in [1.807, 2.05) is 0 Å². The van der Waals surface area contributed by atoms with Crippen molar-refractivity contribution in [2.45, 2.75) is 77.6 Å². The molecule has 0 bridgehead atoms. The number of unbranched alkanes of at least 4 members (excludes halogenated alkanes) is 9. The van der Waals surface area contributed by atoms with Gasteiger partial charge in [-0.25, -0.2) is 0 Å². The summed E-state index contributed by atoms with van der Waals surface area (Å²) in [6, 6.07) is 32.7. The van der Waals surface area contributed by atoms with Crippen LogP contribution in [0, 0.1) is 11.8 Å². The molecule has 0 atom stereocenters. The fourth-order valence-electron chi connectivity index (χ4n) is 6.12. The van der Waals surface area contributed by atoms with Gasteiger partial charge in [0.25, 0.3) is 0 Å². The lowest BCUT2D eigenvalue weighted by Crippen LogP contribution is -1.87. The van der Waals surface area contributed by atoms with Gasteiger partial charge >= 0.3 is 0 Å². The lowest BCUT2D eigenvalue weighted by molar-refractivity contribution is 0.556. The summed E-state index contributed by atoms with van der Waals surface area (Å²) in [6.45, 7) is 2.28. The molecule has 0 unspecified atom stereocenters. The summed E-state index contributed by atoms with van der Waals surface area (Å²) in [4.78, 5) is 0. The van der Waals surface area contributed by atoms with Crippen LogP contribution in [-0.2, 0) is 6.42 Å². The minimum atomic E-state index is 0.709. The van der Waals surface area contributed by atoms with Crippen LogP contribution in [-0.4, -0.2) is 0 Å². The highest BCUT2D eigenvalue weighted by Crippen LogP contribution is 2.34. The number of benzene rings is 5. The van der Waals surface area contributed by atoms with Crippen LogP contribution in [0.3, 0.4) is 0 Å². The van der Waals surface area contributed by atoms with Gasteiger partial charge < -0.3 is 4.42 Å². The van der Waals surface area contributed by atoms with Gasteiger partial charge in [-0.3, -0.25) is 0 Å². The summed E-state index contributed by atoms with van der Waals surface area (Å²) >= 11 is 0. The first-order chi connectivity index (χ1) is 20.3. The van der Waals surface area contributed by atoms with Gasteiger partial charge in [0.1, 0.15) is 5.58 Å². The molecule has 1 heterocycles. The van der Waals surface area contributed by atoms with E-state index in [4.69, 9.17) is 4.42 Å². The number of aryl methyl sites for hydroxylation is 1. The van der Waals surface area contributed by atoms with Gasteiger partial charge in [-0.2, -0.15) is 0 Å². The normalized spacial score (nSPS) is 11.4. The number of hydrogen-bond donors (Lipinski definition) is 0.